The van der Waals surface area contributed by atoms with Crippen LogP contribution in [0.4, 0.5) is 0 Å². The van der Waals surface area contributed by atoms with Gasteiger partial charge >= 0.3 is 5.97 Å². The maximum absolute atomic E-state index is 12.7. The number of phenols is 1. The lowest BCUT2D eigenvalue weighted by atomic mass is 9.99. The first-order valence-electron chi connectivity index (χ1n) is 9.75. The van der Waals surface area contributed by atoms with E-state index in [1.54, 1.807) is 30.3 Å². The van der Waals surface area contributed by atoms with E-state index in [4.69, 9.17) is 18.6 Å². The van der Waals surface area contributed by atoms with Crippen molar-refractivity contribution in [1.82, 2.24) is 0 Å². The molecule has 2 heterocycles. The summed E-state index contributed by atoms with van der Waals surface area (Å²) < 4.78 is 21.8. The highest BCUT2D eigenvalue weighted by Gasteiger charge is 2.48. The summed E-state index contributed by atoms with van der Waals surface area (Å²) in [7, 11) is 1.24. The molecule has 0 spiro atoms. The van der Waals surface area contributed by atoms with Crippen molar-refractivity contribution in [1.29, 1.82) is 0 Å². The third kappa shape index (κ3) is 3.98. The largest absolute Gasteiger partial charge is 0.507 e. The summed E-state index contributed by atoms with van der Waals surface area (Å²) in [5.41, 5.74) is -0.146. The van der Waals surface area contributed by atoms with Crippen LogP contribution in [0, 0.1) is 0 Å². The molecule has 33 heavy (non-hydrogen) atoms. The fraction of sp³-hybridized carbons (Fsp3) is 0.273. The second kappa shape index (κ2) is 8.71. The van der Waals surface area contributed by atoms with Crippen molar-refractivity contribution in [3.8, 4) is 28.6 Å². The van der Waals surface area contributed by atoms with Gasteiger partial charge in [0.25, 0.3) is 0 Å². The molecule has 0 saturated carbocycles. The summed E-state index contributed by atoms with van der Waals surface area (Å²) >= 11 is 0. The number of benzene rings is 2. The van der Waals surface area contributed by atoms with Gasteiger partial charge in [-0.3, -0.25) is 4.79 Å². The minimum absolute atomic E-state index is 0.152. The van der Waals surface area contributed by atoms with E-state index in [1.165, 1.54) is 13.2 Å². The zero-order valence-electron chi connectivity index (χ0n) is 17.1. The Morgan fingerprint density at radius 1 is 1.03 bits per heavy atom. The number of hydrogen-bond acceptors (Lipinski definition) is 10. The molecule has 5 N–H and O–H groups in total. The van der Waals surface area contributed by atoms with E-state index in [-0.39, 0.29) is 28.2 Å². The average molecular weight is 460 g/mol. The first kappa shape index (κ1) is 22.6. The Kier molecular flexibility index (Phi) is 5.95. The maximum Gasteiger partial charge on any atom is 0.335 e. The number of aromatic hydroxyl groups is 1. The van der Waals surface area contributed by atoms with Gasteiger partial charge in [0.1, 0.15) is 35.2 Å². The van der Waals surface area contributed by atoms with Crippen molar-refractivity contribution >= 4 is 16.9 Å². The fourth-order valence-electron chi connectivity index (χ4n) is 3.57. The predicted molar refractivity (Wildman–Crippen MR) is 111 cm³/mol. The third-order valence-corrected chi connectivity index (χ3v) is 5.22. The number of carboxylic acid groups (broad SMARTS) is 1. The summed E-state index contributed by atoms with van der Waals surface area (Å²) in [5, 5.41) is 49.5. The highest BCUT2D eigenvalue weighted by atomic mass is 16.7. The monoisotopic (exact) mass is 460 g/mol. The molecule has 1 aliphatic heterocycles. The minimum Gasteiger partial charge on any atom is -0.507 e. The summed E-state index contributed by atoms with van der Waals surface area (Å²) in [6, 6.07) is 10.9. The van der Waals surface area contributed by atoms with E-state index < -0.39 is 47.9 Å². The number of carbonyl (C=O) groups is 1. The van der Waals surface area contributed by atoms with Crippen molar-refractivity contribution in [2.45, 2.75) is 30.7 Å². The lowest BCUT2D eigenvalue weighted by molar-refractivity contribution is -0.271. The molecular weight excluding hydrogens is 440 g/mol. The fourth-order valence-corrected chi connectivity index (χ4v) is 3.57. The molecule has 1 aliphatic rings. The molecule has 174 valence electrons. The topological polar surface area (TPSA) is 176 Å². The van der Waals surface area contributed by atoms with Crippen molar-refractivity contribution < 1.29 is 49.0 Å². The standard InChI is InChI=1S/C22H20O11/c1-30-18-13(32-22-17(27)15(25)16(26)20(33-22)21(28)29)8-11(24)14-10(23)7-12(31-19(14)18)9-5-3-2-4-6-9/h2-8,15-17,20,22,24-27H,1H3,(H,28,29)/t15-,16-,17+,20+,22+/m1/s1. The number of carboxylic acids is 1. The number of aliphatic hydroxyl groups is 3. The van der Waals surface area contributed by atoms with Crippen LogP contribution in [-0.2, 0) is 9.53 Å². The van der Waals surface area contributed by atoms with Crippen LogP contribution in [0.5, 0.6) is 17.2 Å². The lowest BCUT2D eigenvalue weighted by Crippen LogP contribution is -2.61. The summed E-state index contributed by atoms with van der Waals surface area (Å²) in [4.78, 5) is 24.0. The van der Waals surface area contributed by atoms with Gasteiger partial charge in [-0.25, -0.2) is 4.79 Å². The molecule has 1 aromatic heterocycles. The maximum atomic E-state index is 12.7. The molecule has 0 unspecified atom stereocenters. The molecule has 0 amide bonds. The van der Waals surface area contributed by atoms with Crippen LogP contribution in [-0.4, -0.2) is 69.3 Å². The van der Waals surface area contributed by atoms with Crippen LogP contribution in [0.3, 0.4) is 0 Å². The average Bonchev–Trinajstić information content (AvgIpc) is 2.79. The van der Waals surface area contributed by atoms with Gasteiger partial charge in [0.2, 0.25) is 12.0 Å². The Bertz CT molecular complexity index is 1240. The Labute approximate surface area is 185 Å². The van der Waals surface area contributed by atoms with E-state index in [9.17, 15) is 35.1 Å². The second-order valence-corrected chi connectivity index (χ2v) is 7.33. The first-order chi connectivity index (χ1) is 15.7. The van der Waals surface area contributed by atoms with Crippen LogP contribution in [0.2, 0.25) is 0 Å². The summed E-state index contributed by atoms with van der Waals surface area (Å²) in [6.07, 6.45) is -9.31. The number of methoxy groups -OCH3 is 1. The third-order valence-electron chi connectivity index (χ3n) is 5.22. The molecular formula is C22H20O11. The molecule has 3 aromatic rings. The highest BCUT2D eigenvalue weighted by molar-refractivity contribution is 5.91. The normalized spacial score (nSPS) is 25.0. The highest BCUT2D eigenvalue weighted by Crippen LogP contribution is 2.42. The molecule has 0 radical (unpaired) electrons. The number of ether oxygens (including phenoxy) is 3. The number of fused-ring (bicyclic) bond motifs is 1. The molecule has 2 aromatic carbocycles. The first-order valence-corrected chi connectivity index (χ1v) is 9.75. The molecule has 0 bridgehead atoms. The van der Waals surface area contributed by atoms with Gasteiger partial charge in [0.15, 0.2) is 22.9 Å². The van der Waals surface area contributed by atoms with Crippen LogP contribution >= 0.6 is 0 Å². The van der Waals surface area contributed by atoms with Gasteiger partial charge < -0.3 is 44.2 Å². The molecule has 11 heteroatoms. The van der Waals surface area contributed by atoms with Gasteiger partial charge in [-0.1, -0.05) is 30.3 Å². The molecule has 1 saturated heterocycles. The van der Waals surface area contributed by atoms with Gasteiger partial charge in [-0.2, -0.15) is 0 Å². The number of phenolic OH excluding ortho intramolecular Hbond substituents is 1. The second-order valence-electron chi connectivity index (χ2n) is 7.33. The van der Waals surface area contributed by atoms with Crippen LogP contribution in [0.1, 0.15) is 0 Å². The van der Waals surface area contributed by atoms with Gasteiger partial charge in [0.05, 0.1) is 7.11 Å². The summed E-state index contributed by atoms with van der Waals surface area (Å²) in [6.45, 7) is 0. The Balaban J connectivity index is 1.81. The number of aliphatic hydroxyl groups excluding tert-OH is 3. The molecule has 1 fully saturated rings. The van der Waals surface area contributed by atoms with E-state index in [2.05, 4.69) is 0 Å². The zero-order chi connectivity index (χ0) is 23.9. The minimum atomic E-state index is -1.91. The lowest BCUT2D eigenvalue weighted by Gasteiger charge is -2.38. The van der Waals surface area contributed by atoms with Crippen LogP contribution < -0.4 is 14.9 Å². The van der Waals surface area contributed by atoms with Gasteiger partial charge in [-0.15, -0.1) is 0 Å². The summed E-state index contributed by atoms with van der Waals surface area (Å²) in [5.74, 6) is -2.36. The van der Waals surface area contributed by atoms with Crippen LogP contribution in [0.25, 0.3) is 22.3 Å². The quantitative estimate of drug-likeness (QED) is 0.357. The number of hydrogen-bond donors (Lipinski definition) is 5. The van der Waals surface area contributed by atoms with E-state index in [1.807, 2.05) is 0 Å². The SMILES string of the molecule is COc1c(O[C@H]2O[C@H](C(=O)O)[C@H](O)[C@@H](O)[C@@H]2O)cc(O)c2c(=O)cc(-c3ccccc3)oc12. The van der Waals surface area contributed by atoms with Crippen molar-refractivity contribution in [3.05, 3.63) is 52.7 Å². The number of aliphatic carboxylic acids is 1. The van der Waals surface area contributed by atoms with Crippen molar-refractivity contribution in [3.63, 3.8) is 0 Å². The van der Waals surface area contributed by atoms with Crippen LogP contribution in [0.15, 0.2) is 51.7 Å². The Morgan fingerprint density at radius 3 is 2.36 bits per heavy atom. The molecule has 5 atom stereocenters. The zero-order valence-corrected chi connectivity index (χ0v) is 17.1. The van der Waals surface area contributed by atoms with Crippen molar-refractivity contribution in [2.24, 2.45) is 0 Å². The molecule has 0 aliphatic carbocycles. The van der Waals surface area contributed by atoms with Gasteiger partial charge in [-0.05, 0) is 0 Å². The Morgan fingerprint density at radius 2 is 1.73 bits per heavy atom. The molecule has 11 nitrogen and oxygen atoms in total. The van der Waals surface area contributed by atoms with E-state index in [0.717, 1.165) is 6.07 Å². The molecule has 4 rings (SSSR count). The van der Waals surface area contributed by atoms with E-state index >= 15 is 0 Å². The number of rotatable bonds is 5. The van der Waals surface area contributed by atoms with Crippen molar-refractivity contribution in [2.75, 3.05) is 7.11 Å². The smallest absolute Gasteiger partial charge is 0.335 e. The van der Waals surface area contributed by atoms with Gasteiger partial charge in [0, 0.05) is 17.7 Å². The predicted octanol–water partition coefficient (Wildman–Crippen LogP) is 0.445. The van der Waals surface area contributed by atoms with E-state index in [0.29, 0.717) is 5.56 Å². The Hall–Kier alpha value is -3.64.